The molecule has 0 spiro atoms. The molecule has 0 unspecified atom stereocenters. The first-order chi connectivity index (χ1) is 15.8. The molecule has 174 valence electrons. The monoisotopic (exact) mass is 454 g/mol. The van der Waals surface area contributed by atoms with Crippen molar-refractivity contribution >= 4 is 5.91 Å². The molecule has 2 heterocycles. The number of amides is 1. The fourth-order valence-electron chi connectivity index (χ4n) is 4.32. The Morgan fingerprint density at radius 3 is 2.55 bits per heavy atom. The number of halogens is 2. The Labute approximate surface area is 192 Å². The van der Waals surface area contributed by atoms with E-state index in [-0.39, 0.29) is 31.0 Å². The number of carbonyl (C=O) groups is 1. The van der Waals surface area contributed by atoms with Crippen LogP contribution in [0.2, 0.25) is 0 Å². The Morgan fingerprint density at radius 2 is 1.88 bits per heavy atom. The maximum atomic E-state index is 13.6. The number of fused-ring (bicyclic) bond motifs is 1. The quantitative estimate of drug-likeness (QED) is 0.562. The van der Waals surface area contributed by atoms with E-state index in [1.54, 1.807) is 15.8 Å². The van der Waals surface area contributed by atoms with Crippen LogP contribution in [0.5, 0.6) is 0 Å². The van der Waals surface area contributed by atoms with Gasteiger partial charge in [-0.25, -0.2) is 8.78 Å². The van der Waals surface area contributed by atoms with Gasteiger partial charge in [-0.15, -0.1) is 0 Å². The van der Waals surface area contributed by atoms with Gasteiger partial charge >= 0.3 is 0 Å². The number of ether oxygens (including phenoxy) is 1. The molecule has 2 aromatic carbocycles. The number of hydrogen-bond donors (Lipinski definition) is 1. The zero-order valence-corrected chi connectivity index (χ0v) is 19.0. The van der Waals surface area contributed by atoms with E-state index in [1.807, 2.05) is 39.1 Å². The van der Waals surface area contributed by atoms with Crippen LogP contribution in [0.1, 0.15) is 40.9 Å². The fraction of sp³-hybridized carbons (Fsp3) is 0.360. The van der Waals surface area contributed by atoms with Crippen molar-refractivity contribution in [1.29, 1.82) is 0 Å². The van der Waals surface area contributed by atoms with Gasteiger partial charge in [0.2, 0.25) is 0 Å². The zero-order chi connectivity index (χ0) is 23.7. The average Bonchev–Trinajstić information content (AvgIpc) is 3.29. The number of nitrogens with two attached hydrogens (primary N) is 1. The summed E-state index contributed by atoms with van der Waals surface area (Å²) in [6.07, 6.45) is 2.17. The van der Waals surface area contributed by atoms with E-state index in [0.717, 1.165) is 28.5 Å². The van der Waals surface area contributed by atoms with Crippen LogP contribution in [0.25, 0.3) is 11.3 Å². The lowest BCUT2D eigenvalue weighted by molar-refractivity contribution is 0.0659. The van der Waals surface area contributed by atoms with Crippen LogP contribution in [-0.4, -0.2) is 39.3 Å². The Morgan fingerprint density at radius 1 is 1.15 bits per heavy atom. The van der Waals surface area contributed by atoms with E-state index >= 15 is 0 Å². The standard InChI is InChI=1S/C25H28F2N4O2/c1-15(2)33-14-19-12-29-30(3)24(19)17-4-5-23-18(9-17)13-31(25(23)32)22(11-28)8-16-6-20(26)10-21(27)7-16/h4-7,9-10,12,15,22H,8,11,13-14,28H2,1-3H3/t22-/m0/s1. The lowest BCUT2D eigenvalue weighted by Gasteiger charge is -2.26. The minimum Gasteiger partial charge on any atom is -0.374 e. The zero-order valence-electron chi connectivity index (χ0n) is 19.0. The van der Waals surface area contributed by atoms with Gasteiger partial charge in [0.25, 0.3) is 5.91 Å². The molecule has 1 amide bonds. The van der Waals surface area contributed by atoms with Gasteiger partial charge in [-0.2, -0.15) is 5.10 Å². The minimum absolute atomic E-state index is 0.101. The molecule has 0 saturated carbocycles. The largest absolute Gasteiger partial charge is 0.374 e. The molecule has 1 aliphatic heterocycles. The molecule has 0 saturated heterocycles. The molecular weight excluding hydrogens is 426 g/mol. The number of benzene rings is 2. The predicted octanol–water partition coefficient (Wildman–Crippen LogP) is 3.82. The van der Waals surface area contributed by atoms with Gasteiger partial charge < -0.3 is 15.4 Å². The van der Waals surface area contributed by atoms with Crippen LogP contribution < -0.4 is 5.73 Å². The summed E-state index contributed by atoms with van der Waals surface area (Å²) >= 11 is 0. The second-order valence-corrected chi connectivity index (χ2v) is 8.68. The highest BCUT2D eigenvalue weighted by Gasteiger charge is 2.33. The summed E-state index contributed by atoms with van der Waals surface area (Å²) in [5.41, 5.74) is 10.8. The number of carbonyl (C=O) groups excluding carboxylic acids is 1. The first-order valence-electron chi connectivity index (χ1n) is 11.0. The lowest BCUT2D eigenvalue weighted by atomic mass is 10.0. The van der Waals surface area contributed by atoms with Crippen molar-refractivity contribution in [3.63, 3.8) is 0 Å². The molecular formula is C25H28F2N4O2. The smallest absolute Gasteiger partial charge is 0.254 e. The third-order valence-electron chi connectivity index (χ3n) is 5.90. The summed E-state index contributed by atoms with van der Waals surface area (Å²) in [5.74, 6) is -1.41. The van der Waals surface area contributed by atoms with Gasteiger partial charge in [-0.3, -0.25) is 9.48 Å². The summed E-state index contributed by atoms with van der Waals surface area (Å²) in [4.78, 5) is 14.8. The van der Waals surface area contributed by atoms with Gasteiger partial charge in [-0.05, 0) is 55.7 Å². The van der Waals surface area contributed by atoms with E-state index in [1.165, 1.54) is 12.1 Å². The van der Waals surface area contributed by atoms with Crippen molar-refractivity contribution in [2.75, 3.05) is 6.54 Å². The topological polar surface area (TPSA) is 73.4 Å². The van der Waals surface area contributed by atoms with Crippen molar-refractivity contribution in [2.24, 2.45) is 12.8 Å². The molecule has 4 rings (SSSR count). The van der Waals surface area contributed by atoms with Crippen LogP contribution in [0.15, 0.2) is 42.6 Å². The van der Waals surface area contributed by atoms with Crippen molar-refractivity contribution in [2.45, 2.75) is 45.6 Å². The van der Waals surface area contributed by atoms with E-state index in [0.29, 0.717) is 24.3 Å². The highest BCUT2D eigenvalue weighted by atomic mass is 19.1. The van der Waals surface area contributed by atoms with Crippen molar-refractivity contribution in [3.05, 3.63) is 76.5 Å². The minimum atomic E-state index is -0.644. The highest BCUT2D eigenvalue weighted by Crippen LogP contribution is 2.32. The lowest BCUT2D eigenvalue weighted by Crippen LogP contribution is -2.42. The fourth-order valence-corrected chi connectivity index (χ4v) is 4.32. The first kappa shape index (κ1) is 23.1. The summed E-state index contributed by atoms with van der Waals surface area (Å²) in [5, 5.41) is 4.38. The number of aryl methyl sites for hydroxylation is 1. The van der Waals surface area contributed by atoms with Gasteiger partial charge in [0.15, 0.2) is 0 Å². The Balaban J connectivity index is 1.58. The molecule has 0 bridgehead atoms. The summed E-state index contributed by atoms with van der Waals surface area (Å²) in [6.45, 7) is 4.98. The number of nitrogens with zero attached hydrogens (tertiary/aromatic N) is 3. The van der Waals surface area contributed by atoms with Crippen LogP contribution in [0.3, 0.4) is 0 Å². The molecule has 1 aromatic heterocycles. The molecule has 0 fully saturated rings. The van der Waals surface area contributed by atoms with Crippen molar-refractivity contribution in [1.82, 2.24) is 14.7 Å². The van der Waals surface area contributed by atoms with Crippen molar-refractivity contribution < 1.29 is 18.3 Å². The molecule has 3 aromatic rings. The van der Waals surface area contributed by atoms with Crippen LogP contribution in [-0.2, 0) is 31.4 Å². The van der Waals surface area contributed by atoms with Gasteiger partial charge in [-0.1, -0.05) is 6.07 Å². The molecule has 1 atom stereocenters. The van der Waals surface area contributed by atoms with Crippen LogP contribution in [0.4, 0.5) is 8.78 Å². The molecule has 6 nitrogen and oxygen atoms in total. The highest BCUT2D eigenvalue weighted by molar-refractivity contribution is 5.99. The molecule has 8 heteroatoms. The Kier molecular flexibility index (Phi) is 6.58. The SMILES string of the molecule is CC(C)OCc1cnn(C)c1-c1ccc2c(c1)CN([C@H](CN)Cc1cc(F)cc(F)c1)C2=O. The molecule has 0 aliphatic carbocycles. The van der Waals surface area contributed by atoms with Crippen LogP contribution >= 0.6 is 0 Å². The molecule has 33 heavy (non-hydrogen) atoms. The second kappa shape index (κ2) is 9.41. The second-order valence-electron chi connectivity index (χ2n) is 8.68. The number of rotatable bonds is 8. The predicted molar refractivity (Wildman–Crippen MR) is 121 cm³/mol. The van der Waals surface area contributed by atoms with Crippen molar-refractivity contribution in [3.8, 4) is 11.3 Å². The van der Waals surface area contributed by atoms with E-state index in [4.69, 9.17) is 10.5 Å². The summed E-state index contributed by atoms with van der Waals surface area (Å²) in [6, 6.07) is 8.75. The Bertz CT molecular complexity index is 1150. The Hall–Kier alpha value is -3.10. The van der Waals surface area contributed by atoms with E-state index in [2.05, 4.69) is 5.10 Å². The molecule has 2 N–H and O–H groups in total. The normalized spacial score (nSPS) is 14.3. The maximum absolute atomic E-state index is 13.6. The third-order valence-corrected chi connectivity index (χ3v) is 5.90. The van der Waals surface area contributed by atoms with Gasteiger partial charge in [0.1, 0.15) is 11.6 Å². The maximum Gasteiger partial charge on any atom is 0.254 e. The molecule has 1 aliphatic rings. The number of aromatic nitrogens is 2. The molecule has 0 radical (unpaired) electrons. The average molecular weight is 455 g/mol. The van der Waals surface area contributed by atoms with Crippen LogP contribution in [0, 0.1) is 11.6 Å². The summed E-state index contributed by atoms with van der Waals surface area (Å²) < 4.78 is 34.8. The van der Waals surface area contributed by atoms with Gasteiger partial charge in [0.05, 0.1) is 24.6 Å². The van der Waals surface area contributed by atoms with E-state index < -0.39 is 11.6 Å². The van der Waals surface area contributed by atoms with E-state index in [9.17, 15) is 13.6 Å². The van der Waals surface area contributed by atoms with Gasteiger partial charge in [0, 0.05) is 48.9 Å². The number of hydrogen-bond acceptors (Lipinski definition) is 4. The summed E-state index contributed by atoms with van der Waals surface area (Å²) in [7, 11) is 1.88. The third kappa shape index (κ3) is 4.82. The first-order valence-corrected chi connectivity index (χ1v) is 11.0.